The van der Waals surface area contributed by atoms with E-state index in [0.29, 0.717) is 10.0 Å². The summed E-state index contributed by atoms with van der Waals surface area (Å²) in [7, 11) is 1.24. The van der Waals surface area contributed by atoms with Gasteiger partial charge in [-0.15, -0.1) is 0 Å². The van der Waals surface area contributed by atoms with E-state index in [4.69, 9.17) is 5.11 Å². The molecule has 0 aromatic heterocycles. The third-order valence-corrected chi connectivity index (χ3v) is 3.17. The van der Waals surface area contributed by atoms with Gasteiger partial charge in [0.15, 0.2) is 0 Å². The number of aliphatic hydroxyl groups excluding tert-OH is 1. The maximum Gasteiger partial charge on any atom is 0.337 e. The van der Waals surface area contributed by atoms with E-state index in [2.05, 4.69) is 26.0 Å². The van der Waals surface area contributed by atoms with Crippen molar-refractivity contribution in [2.45, 2.75) is 19.5 Å². The molecule has 4 nitrogen and oxygen atoms in total. The highest BCUT2D eigenvalue weighted by Crippen LogP contribution is 2.22. The van der Waals surface area contributed by atoms with Gasteiger partial charge in [-0.25, -0.2) is 9.18 Å². The standard InChI is InChI=1S/C12H15BrFNO3/c1-7(6-16)15-5-9-10(13)3-8(4-11(9)14)12(17)18-2/h3-4,7,15-16H,5-6H2,1-2H3. The summed E-state index contributed by atoms with van der Waals surface area (Å²) < 4.78 is 18.8. The fraction of sp³-hybridized carbons (Fsp3) is 0.417. The largest absolute Gasteiger partial charge is 0.465 e. The summed E-state index contributed by atoms with van der Waals surface area (Å²) in [5.74, 6) is -1.08. The predicted octanol–water partition coefficient (Wildman–Crippen LogP) is 1.85. The monoisotopic (exact) mass is 319 g/mol. The van der Waals surface area contributed by atoms with Crippen LogP contribution >= 0.6 is 15.9 Å². The van der Waals surface area contributed by atoms with Crippen molar-refractivity contribution in [3.05, 3.63) is 33.5 Å². The molecule has 0 saturated heterocycles. The van der Waals surface area contributed by atoms with Gasteiger partial charge in [-0.3, -0.25) is 0 Å². The first kappa shape index (κ1) is 15.1. The SMILES string of the molecule is COC(=O)c1cc(F)c(CNC(C)CO)c(Br)c1. The minimum Gasteiger partial charge on any atom is -0.465 e. The van der Waals surface area contributed by atoms with Gasteiger partial charge in [-0.05, 0) is 19.1 Å². The molecule has 0 spiro atoms. The summed E-state index contributed by atoms with van der Waals surface area (Å²) >= 11 is 3.22. The Morgan fingerprint density at radius 2 is 2.28 bits per heavy atom. The number of aliphatic hydroxyl groups is 1. The van der Waals surface area contributed by atoms with E-state index in [-0.39, 0.29) is 24.8 Å². The topological polar surface area (TPSA) is 58.6 Å². The van der Waals surface area contributed by atoms with Gasteiger partial charge < -0.3 is 15.2 Å². The van der Waals surface area contributed by atoms with Gasteiger partial charge in [0, 0.05) is 22.6 Å². The highest BCUT2D eigenvalue weighted by molar-refractivity contribution is 9.10. The van der Waals surface area contributed by atoms with Crippen LogP contribution in [0.5, 0.6) is 0 Å². The summed E-state index contributed by atoms with van der Waals surface area (Å²) in [6.07, 6.45) is 0. The number of carbonyl (C=O) groups is 1. The van der Waals surface area contributed by atoms with Crippen molar-refractivity contribution in [1.82, 2.24) is 5.32 Å². The molecule has 0 aliphatic carbocycles. The van der Waals surface area contributed by atoms with E-state index in [1.54, 1.807) is 6.92 Å². The molecule has 1 aromatic carbocycles. The van der Waals surface area contributed by atoms with Gasteiger partial charge in [0.25, 0.3) is 0 Å². The molecule has 0 fully saturated rings. The highest BCUT2D eigenvalue weighted by Gasteiger charge is 2.14. The Labute approximate surface area is 113 Å². The predicted molar refractivity (Wildman–Crippen MR) is 68.8 cm³/mol. The average molecular weight is 320 g/mol. The fourth-order valence-corrected chi connectivity index (χ4v) is 1.92. The van der Waals surface area contributed by atoms with Crippen molar-refractivity contribution in [2.24, 2.45) is 0 Å². The lowest BCUT2D eigenvalue weighted by Crippen LogP contribution is -2.29. The molecule has 1 aromatic rings. The normalized spacial score (nSPS) is 12.3. The average Bonchev–Trinajstić information content (AvgIpc) is 2.36. The molecule has 18 heavy (non-hydrogen) atoms. The molecule has 1 atom stereocenters. The zero-order chi connectivity index (χ0) is 13.7. The number of carbonyl (C=O) groups excluding carboxylic acids is 1. The van der Waals surface area contributed by atoms with Crippen LogP contribution in [0.2, 0.25) is 0 Å². The van der Waals surface area contributed by atoms with Crippen LogP contribution in [-0.4, -0.2) is 30.8 Å². The Kier molecular flexibility index (Phi) is 5.71. The van der Waals surface area contributed by atoms with E-state index < -0.39 is 11.8 Å². The minimum atomic E-state index is -0.585. The van der Waals surface area contributed by atoms with Crippen molar-refractivity contribution in [3.63, 3.8) is 0 Å². The number of halogens is 2. The zero-order valence-corrected chi connectivity index (χ0v) is 11.8. The van der Waals surface area contributed by atoms with Crippen molar-refractivity contribution in [1.29, 1.82) is 0 Å². The Bertz CT molecular complexity index is 416. The van der Waals surface area contributed by atoms with Crippen LogP contribution in [0.4, 0.5) is 4.39 Å². The fourth-order valence-electron chi connectivity index (χ4n) is 1.35. The number of hydrogen-bond acceptors (Lipinski definition) is 4. The molecular weight excluding hydrogens is 305 g/mol. The van der Waals surface area contributed by atoms with Gasteiger partial charge in [0.2, 0.25) is 0 Å². The quantitative estimate of drug-likeness (QED) is 0.813. The van der Waals surface area contributed by atoms with Crippen LogP contribution < -0.4 is 5.32 Å². The number of nitrogens with one attached hydrogen (secondary N) is 1. The summed E-state index contributed by atoms with van der Waals surface area (Å²) in [6, 6.07) is 2.52. The summed E-state index contributed by atoms with van der Waals surface area (Å²) in [6.45, 7) is 2.02. The molecule has 100 valence electrons. The molecule has 0 aliphatic heterocycles. The lowest BCUT2D eigenvalue weighted by atomic mass is 10.1. The lowest BCUT2D eigenvalue weighted by Gasteiger charge is -2.13. The van der Waals surface area contributed by atoms with Crippen LogP contribution in [0.25, 0.3) is 0 Å². The van der Waals surface area contributed by atoms with Crippen molar-refractivity contribution in [3.8, 4) is 0 Å². The van der Waals surface area contributed by atoms with E-state index in [9.17, 15) is 9.18 Å². The molecule has 2 N–H and O–H groups in total. The number of rotatable bonds is 5. The first-order valence-corrected chi connectivity index (χ1v) is 6.19. The first-order chi connectivity index (χ1) is 8.49. The number of methoxy groups -OCH3 is 1. The Morgan fingerprint density at radius 3 is 2.78 bits per heavy atom. The molecular formula is C12H15BrFNO3. The Morgan fingerprint density at radius 1 is 1.61 bits per heavy atom. The van der Waals surface area contributed by atoms with Crippen LogP contribution in [-0.2, 0) is 11.3 Å². The summed E-state index contributed by atoms with van der Waals surface area (Å²) in [4.78, 5) is 11.3. The second kappa shape index (κ2) is 6.82. The van der Waals surface area contributed by atoms with E-state index in [0.717, 1.165) is 6.07 Å². The van der Waals surface area contributed by atoms with Crippen molar-refractivity contribution >= 4 is 21.9 Å². The third kappa shape index (κ3) is 3.76. The second-order valence-electron chi connectivity index (χ2n) is 3.87. The molecule has 1 unspecified atom stereocenters. The number of benzene rings is 1. The molecule has 0 radical (unpaired) electrons. The zero-order valence-electron chi connectivity index (χ0n) is 10.2. The van der Waals surface area contributed by atoms with E-state index >= 15 is 0 Å². The maximum absolute atomic E-state index is 13.8. The molecule has 0 heterocycles. The van der Waals surface area contributed by atoms with Gasteiger partial charge in [-0.2, -0.15) is 0 Å². The van der Waals surface area contributed by atoms with Gasteiger partial charge in [-0.1, -0.05) is 15.9 Å². The van der Waals surface area contributed by atoms with Crippen molar-refractivity contribution < 1.29 is 19.0 Å². The van der Waals surface area contributed by atoms with Gasteiger partial charge in [0.1, 0.15) is 5.82 Å². The molecule has 6 heteroatoms. The third-order valence-electron chi connectivity index (χ3n) is 2.46. The molecule has 1 rings (SSSR count). The van der Waals surface area contributed by atoms with Crippen LogP contribution in [0.1, 0.15) is 22.8 Å². The number of esters is 1. The Balaban J connectivity index is 2.91. The summed E-state index contributed by atoms with van der Waals surface area (Å²) in [5, 5.41) is 11.8. The van der Waals surface area contributed by atoms with Crippen molar-refractivity contribution in [2.75, 3.05) is 13.7 Å². The first-order valence-electron chi connectivity index (χ1n) is 5.40. The smallest absolute Gasteiger partial charge is 0.337 e. The molecule has 0 bridgehead atoms. The molecule has 0 aliphatic rings. The summed E-state index contributed by atoms with van der Waals surface area (Å²) in [5.41, 5.74) is 0.559. The lowest BCUT2D eigenvalue weighted by molar-refractivity contribution is 0.0600. The maximum atomic E-state index is 13.8. The number of hydrogen-bond donors (Lipinski definition) is 2. The number of ether oxygens (including phenoxy) is 1. The highest BCUT2D eigenvalue weighted by atomic mass is 79.9. The van der Waals surface area contributed by atoms with Crippen LogP contribution in [0, 0.1) is 5.82 Å². The van der Waals surface area contributed by atoms with Gasteiger partial charge >= 0.3 is 5.97 Å². The van der Waals surface area contributed by atoms with Crippen LogP contribution in [0.3, 0.4) is 0 Å². The van der Waals surface area contributed by atoms with Gasteiger partial charge in [0.05, 0.1) is 19.3 Å². The van der Waals surface area contributed by atoms with E-state index in [1.165, 1.54) is 13.2 Å². The minimum absolute atomic E-state index is 0.0283. The van der Waals surface area contributed by atoms with Crippen LogP contribution in [0.15, 0.2) is 16.6 Å². The second-order valence-corrected chi connectivity index (χ2v) is 4.73. The Hall–Kier alpha value is -0.980. The van der Waals surface area contributed by atoms with E-state index in [1.807, 2.05) is 0 Å². The molecule has 0 amide bonds. The molecule has 0 saturated carbocycles.